The maximum atomic E-state index is 4.73. The normalized spacial score (nSPS) is 11.5. The van der Waals surface area contributed by atoms with Crippen molar-refractivity contribution in [1.29, 1.82) is 0 Å². The first-order valence-corrected chi connectivity index (χ1v) is 8.09. The first-order valence-electron chi connectivity index (χ1n) is 8.09. The molecule has 0 spiro atoms. The van der Waals surface area contributed by atoms with Crippen molar-refractivity contribution in [3.63, 3.8) is 0 Å². The molecule has 128 valence electrons. The van der Waals surface area contributed by atoms with Crippen molar-refractivity contribution in [3.05, 3.63) is 17.0 Å². The van der Waals surface area contributed by atoms with Gasteiger partial charge >= 0.3 is 0 Å². The van der Waals surface area contributed by atoms with Crippen molar-refractivity contribution < 1.29 is 0 Å². The summed E-state index contributed by atoms with van der Waals surface area (Å²) in [7, 11) is 2.02. The van der Waals surface area contributed by atoms with Gasteiger partial charge in [-0.3, -0.25) is 4.68 Å². The van der Waals surface area contributed by atoms with Crippen molar-refractivity contribution in [2.24, 2.45) is 18.0 Å². The number of aryl methyl sites for hydroxylation is 2. The fourth-order valence-corrected chi connectivity index (χ4v) is 2.37. The van der Waals surface area contributed by atoms with E-state index in [9.17, 15) is 0 Å². The van der Waals surface area contributed by atoms with Crippen molar-refractivity contribution in [3.8, 4) is 0 Å². The topological polar surface area (TPSA) is 54.2 Å². The van der Waals surface area contributed by atoms with E-state index in [0.29, 0.717) is 12.5 Å². The average Bonchev–Trinajstić information content (AvgIpc) is 2.76. The summed E-state index contributed by atoms with van der Waals surface area (Å²) in [6.45, 7) is 13.3. The summed E-state index contributed by atoms with van der Waals surface area (Å²) >= 11 is 0. The minimum absolute atomic E-state index is 0. The fraction of sp³-hybridized carbons (Fsp3) is 0.750. The van der Waals surface area contributed by atoms with Crippen molar-refractivity contribution in [1.82, 2.24) is 20.4 Å². The SMILES string of the molecule is CCNC(=NCc1c(CC)nn(C)c1CC)NCC(C)C.I. The molecule has 1 aromatic heterocycles. The lowest BCUT2D eigenvalue weighted by molar-refractivity contribution is 0.614. The monoisotopic (exact) mass is 421 g/mol. The van der Waals surface area contributed by atoms with Crippen LogP contribution in [-0.4, -0.2) is 28.8 Å². The van der Waals surface area contributed by atoms with Crippen molar-refractivity contribution in [2.75, 3.05) is 13.1 Å². The maximum Gasteiger partial charge on any atom is 0.191 e. The molecule has 5 nitrogen and oxygen atoms in total. The van der Waals surface area contributed by atoms with Crippen LogP contribution in [0.3, 0.4) is 0 Å². The summed E-state index contributed by atoms with van der Waals surface area (Å²) in [4.78, 5) is 4.73. The Kier molecular flexibility index (Phi) is 10.5. The molecule has 6 heteroatoms. The lowest BCUT2D eigenvalue weighted by atomic mass is 10.1. The maximum absolute atomic E-state index is 4.73. The zero-order valence-electron chi connectivity index (χ0n) is 14.9. The van der Waals surface area contributed by atoms with E-state index in [2.05, 4.69) is 50.4 Å². The summed E-state index contributed by atoms with van der Waals surface area (Å²) in [5.74, 6) is 1.49. The molecule has 0 saturated heterocycles. The zero-order chi connectivity index (χ0) is 15.8. The molecule has 0 aromatic carbocycles. The van der Waals surface area contributed by atoms with Crippen molar-refractivity contribution in [2.45, 2.75) is 54.0 Å². The predicted octanol–water partition coefficient (Wildman–Crippen LogP) is 2.87. The van der Waals surface area contributed by atoms with E-state index >= 15 is 0 Å². The molecular weight excluding hydrogens is 389 g/mol. The predicted molar refractivity (Wildman–Crippen MR) is 105 cm³/mol. The molecule has 0 aliphatic heterocycles. The highest BCUT2D eigenvalue weighted by Crippen LogP contribution is 2.16. The first-order chi connectivity index (χ1) is 10.0. The van der Waals surface area contributed by atoms with Gasteiger partial charge in [0.15, 0.2) is 5.96 Å². The Morgan fingerprint density at radius 2 is 1.86 bits per heavy atom. The van der Waals surface area contributed by atoms with Crippen molar-refractivity contribution >= 4 is 29.9 Å². The molecule has 1 aromatic rings. The Morgan fingerprint density at radius 3 is 2.36 bits per heavy atom. The zero-order valence-corrected chi connectivity index (χ0v) is 17.2. The molecule has 2 N–H and O–H groups in total. The van der Waals surface area contributed by atoms with E-state index in [1.807, 2.05) is 11.7 Å². The second-order valence-corrected chi connectivity index (χ2v) is 5.67. The summed E-state index contributed by atoms with van der Waals surface area (Å²) in [5, 5.41) is 11.3. The van der Waals surface area contributed by atoms with Crippen LogP contribution in [0.2, 0.25) is 0 Å². The van der Waals surface area contributed by atoms with Gasteiger partial charge in [0.2, 0.25) is 0 Å². The van der Waals surface area contributed by atoms with E-state index in [1.54, 1.807) is 0 Å². The van der Waals surface area contributed by atoms with Gasteiger partial charge in [0.05, 0.1) is 12.2 Å². The first kappa shape index (κ1) is 21.2. The van der Waals surface area contributed by atoms with Crippen LogP contribution in [-0.2, 0) is 26.4 Å². The smallest absolute Gasteiger partial charge is 0.191 e. The number of rotatable bonds is 7. The van der Waals surface area contributed by atoms with Gasteiger partial charge in [0.25, 0.3) is 0 Å². The third-order valence-corrected chi connectivity index (χ3v) is 3.45. The standard InChI is InChI=1S/C16H31N5.HI/c1-7-14-13(15(8-2)21(6)20-14)11-19-16(17-9-3)18-10-12(4)5;/h12H,7-11H2,1-6H3,(H2,17,18,19);1H. The molecule has 0 atom stereocenters. The minimum Gasteiger partial charge on any atom is -0.357 e. The van der Waals surface area contributed by atoms with Gasteiger partial charge in [0.1, 0.15) is 0 Å². The van der Waals surface area contributed by atoms with Crippen LogP contribution in [0.5, 0.6) is 0 Å². The van der Waals surface area contributed by atoms with E-state index in [0.717, 1.165) is 37.6 Å². The minimum atomic E-state index is 0. The second-order valence-electron chi connectivity index (χ2n) is 5.67. The van der Waals surface area contributed by atoms with Crippen LogP contribution in [0.1, 0.15) is 51.6 Å². The Balaban J connectivity index is 0.00000441. The molecule has 0 unspecified atom stereocenters. The van der Waals surface area contributed by atoms with Gasteiger partial charge in [-0.1, -0.05) is 27.7 Å². The molecule has 0 aliphatic rings. The average molecular weight is 421 g/mol. The molecule has 0 bridgehead atoms. The third-order valence-electron chi connectivity index (χ3n) is 3.45. The highest BCUT2D eigenvalue weighted by Gasteiger charge is 2.13. The quantitative estimate of drug-likeness (QED) is 0.405. The van der Waals surface area contributed by atoms with Crippen LogP contribution in [0, 0.1) is 5.92 Å². The number of nitrogens with one attached hydrogen (secondary N) is 2. The third kappa shape index (κ3) is 6.14. The Hall–Kier alpha value is -0.790. The summed E-state index contributed by atoms with van der Waals surface area (Å²) < 4.78 is 2.00. The van der Waals surface area contributed by atoms with E-state index < -0.39 is 0 Å². The number of hydrogen-bond donors (Lipinski definition) is 2. The Morgan fingerprint density at radius 1 is 1.18 bits per heavy atom. The van der Waals surface area contributed by atoms with E-state index in [1.165, 1.54) is 11.3 Å². The highest BCUT2D eigenvalue weighted by molar-refractivity contribution is 14.0. The van der Waals surface area contributed by atoms with Crippen LogP contribution >= 0.6 is 24.0 Å². The molecule has 1 rings (SSSR count). The molecule has 0 fully saturated rings. The second kappa shape index (κ2) is 10.9. The molecule has 0 amide bonds. The number of halogens is 1. The summed E-state index contributed by atoms with van der Waals surface area (Å²) in [6, 6.07) is 0. The summed E-state index contributed by atoms with van der Waals surface area (Å²) in [5.41, 5.74) is 3.73. The molecule has 0 aliphatic carbocycles. The van der Waals surface area contributed by atoms with Gasteiger partial charge in [-0.25, -0.2) is 4.99 Å². The summed E-state index contributed by atoms with van der Waals surface area (Å²) in [6.07, 6.45) is 1.94. The van der Waals surface area contributed by atoms with E-state index in [4.69, 9.17) is 4.99 Å². The van der Waals surface area contributed by atoms with Gasteiger partial charge in [0, 0.05) is 31.4 Å². The molecule has 0 saturated carbocycles. The van der Waals surface area contributed by atoms with Gasteiger partial charge in [-0.15, -0.1) is 24.0 Å². The number of aromatic nitrogens is 2. The number of nitrogens with zero attached hydrogens (tertiary/aromatic N) is 3. The van der Waals surface area contributed by atoms with Crippen LogP contribution in [0.25, 0.3) is 0 Å². The molecule has 1 heterocycles. The fourth-order valence-electron chi connectivity index (χ4n) is 2.37. The van der Waals surface area contributed by atoms with Crippen LogP contribution in [0.4, 0.5) is 0 Å². The lowest BCUT2D eigenvalue weighted by Crippen LogP contribution is -2.39. The van der Waals surface area contributed by atoms with Gasteiger partial charge in [-0.2, -0.15) is 5.10 Å². The lowest BCUT2D eigenvalue weighted by Gasteiger charge is -2.13. The molecular formula is C16H32IN5. The number of aliphatic imine (C=N–C) groups is 1. The molecule has 0 radical (unpaired) electrons. The van der Waals surface area contributed by atoms with Crippen LogP contribution < -0.4 is 10.6 Å². The van der Waals surface area contributed by atoms with Gasteiger partial charge < -0.3 is 10.6 Å². The highest BCUT2D eigenvalue weighted by atomic mass is 127. The van der Waals surface area contributed by atoms with E-state index in [-0.39, 0.29) is 24.0 Å². The van der Waals surface area contributed by atoms with Gasteiger partial charge in [-0.05, 0) is 25.7 Å². The number of guanidine groups is 1. The van der Waals surface area contributed by atoms with Crippen LogP contribution in [0.15, 0.2) is 4.99 Å². The number of hydrogen-bond acceptors (Lipinski definition) is 2. The largest absolute Gasteiger partial charge is 0.357 e. The molecule has 22 heavy (non-hydrogen) atoms. The Bertz CT molecular complexity index is 465. The Labute approximate surface area is 152 Å².